The minimum atomic E-state index is -0.666. The van der Waals surface area contributed by atoms with E-state index in [9.17, 15) is 19.2 Å². The maximum absolute atomic E-state index is 12.7. The van der Waals surface area contributed by atoms with Gasteiger partial charge in [-0.2, -0.15) is 0 Å². The summed E-state index contributed by atoms with van der Waals surface area (Å²) >= 11 is 30.0. The molecule has 0 unspecified atom stereocenters. The van der Waals surface area contributed by atoms with E-state index in [1.807, 2.05) is 27.7 Å². The van der Waals surface area contributed by atoms with E-state index < -0.39 is 5.97 Å². The number of hydrogen-bond acceptors (Lipinski definition) is 6. The number of imide groups is 1. The zero-order valence-corrected chi connectivity index (χ0v) is 28.5. The van der Waals surface area contributed by atoms with Gasteiger partial charge in [0.05, 0.1) is 17.3 Å². The fraction of sp³-hybridized carbons (Fsp3) is 0.448. The molecule has 0 fully saturated rings. The first kappa shape index (κ1) is 36.5. The van der Waals surface area contributed by atoms with Gasteiger partial charge in [-0.25, -0.2) is 9.69 Å². The van der Waals surface area contributed by atoms with Crippen molar-refractivity contribution in [2.24, 2.45) is 0 Å². The zero-order chi connectivity index (χ0) is 31.7. The van der Waals surface area contributed by atoms with Crippen LogP contribution in [0.5, 0.6) is 0 Å². The number of anilines is 1. The van der Waals surface area contributed by atoms with E-state index in [-0.39, 0.29) is 45.3 Å². The third-order valence-electron chi connectivity index (χ3n) is 6.23. The van der Waals surface area contributed by atoms with E-state index in [4.69, 9.17) is 62.7 Å². The Balaban J connectivity index is 0.000000334. The average Bonchev–Trinajstić information content (AvgIpc) is 3.18. The van der Waals surface area contributed by atoms with Crippen LogP contribution in [0.2, 0.25) is 5.02 Å². The van der Waals surface area contributed by atoms with Crippen molar-refractivity contribution in [3.8, 4) is 0 Å². The molecular weight excluding hydrogens is 666 g/mol. The number of carbonyl (C=O) groups excluding carboxylic acids is 4. The Labute approximate surface area is 276 Å². The van der Waals surface area contributed by atoms with Crippen LogP contribution in [0.1, 0.15) is 65.9 Å². The molecule has 42 heavy (non-hydrogen) atoms. The molecule has 2 aliphatic rings. The number of amides is 3. The van der Waals surface area contributed by atoms with Gasteiger partial charge in [-0.15, -0.1) is 0 Å². The molecule has 0 spiro atoms. The summed E-state index contributed by atoms with van der Waals surface area (Å²) in [7, 11) is 0. The van der Waals surface area contributed by atoms with Crippen molar-refractivity contribution in [3.05, 3.63) is 54.5 Å². The first-order chi connectivity index (χ1) is 19.7. The van der Waals surface area contributed by atoms with Gasteiger partial charge >= 0.3 is 5.97 Å². The summed E-state index contributed by atoms with van der Waals surface area (Å²) in [6.07, 6.45) is 4.45. The normalized spacial score (nSPS) is 15.0. The first-order valence-electron chi connectivity index (χ1n) is 13.3. The van der Waals surface area contributed by atoms with Crippen LogP contribution in [0, 0.1) is 0 Å². The number of rotatable bonds is 8. The van der Waals surface area contributed by atoms with Crippen LogP contribution < -0.4 is 4.90 Å². The Bertz CT molecular complexity index is 1270. The Morgan fingerprint density at radius 3 is 2.02 bits per heavy atom. The minimum Gasteiger partial charge on any atom is -0.462 e. The van der Waals surface area contributed by atoms with Gasteiger partial charge < -0.3 is 9.64 Å². The molecule has 3 rings (SSSR count). The van der Waals surface area contributed by atoms with Crippen molar-refractivity contribution < 1.29 is 23.9 Å². The van der Waals surface area contributed by atoms with Crippen molar-refractivity contribution >= 4 is 105 Å². The number of halogens is 5. The molecule has 0 atom stereocenters. The molecule has 230 valence electrons. The quantitative estimate of drug-likeness (QED) is 0.153. The molecule has 1 aliphatic carbocycles. The Morgan fingerprint density at radius 1 is 1.00 bits per heavy atom. The summed E-state index contributed by atoms with van der Waals surface area (Å²) in [5.74, 6) is -0.920. The summed E-state index contributed by atoms with van der Waals surface area (Å²) in [4.78, 5) is 51.8. The number of benzene rings is 1. The predicted molar refractivity (Wildman–Crippen MR) is 174 cm³/mol. The third kappa shape index (κ3) is 9.66. The van der Waals surface area contributed by atoms with Gasteiger partial charge in [-0.05, 0) is 90.1 Å². The lowest BCUT2D eigenvalue weighted by Gasteiger charge is -2.30. The van der Waals surface area contributed by atoms with Gasteiger partial charge in [-0.1, -0.05) is 69.8 Å². The SMILES string of the molecule is CC(C)N(C(=O)SCC(Cl)=C(Cl)Cl)C(C)C.CCOC(=O)/C(Cl)=C/c1cc(N2C(=O)C3=C(CCCC3)C2=O)ccc1Cl. The molecule has 1 aliphatic heterocycles. The van der Waals surface area contributed by atoms with Gasteiger partial charge in [0.2, 0.25) is 0 Å². The zero-order valence-electron chi connectivity index (χ0n) is 23.9. The van der Waals surface area contributed by atoms with Crippen molar-refractivity contribution in [1.29, 1.82) is 0 Å². The summed E-state index contributed by atoms with van der Waals surface area (Å²) in [6.45, 7) is 9.78. The highest BCUT2D eigenvalue weighted by Gasteiger charge is 2.39. The van der Waals surface area contributed by atoms with Crippen molar-refractivity contribution in [2.75, 3.05) is 17.3 Å². The lowest BCUT2D eigenvalue weighted by molar-refractivity contribution is -0.137. The predicted octanol–water partition coefficient (Wildman–Crippen LogP) is 9.07. The average molecular weight is 699 g/mol. The van der Waals surface area contributed by atoms with Crippen molar-refractivity contribution in [3.63, 3.8) is 0 Å². The Hall–Kier alpha value is -1.68. The molecule has 0 radical (unpaired) electrons. The highest BCUT2D eigenvalue weighted by atomic mass is 35.5. The standard InChI is InChI=1S/C19H17Cl2NO4.C10H16Cl3NOS/c1-2-26-19(25)16(21)10-11-9-12(7-8-15(11)20)22-17(23)13-5-3-4-6-14(13)18(22)24;1-6(2)14(7(3)4)10(15)16-5-8(11)9(12)13/h7-10H,2-6H2,1H3;6-7H,5H2,1-4H3/b16-10-;. The van der Waals surface area contributed by atoms with Crippen LogP contribution in [-0.4, -0.2) is 52.4 Å². The van der Waals surface area contributed by atoms with E-state index in [2.05, 4.69) is 0 Å². The molecule has 13 heteroatoms. The number of ether oxygens (including phenoxy) is 1. The fourth-order valence-corrected chi connectivity index (χ4v) is 6.19. The van der Waals surface area contributed by atoms with Crippen LogP contribution in [0.25, 0.3) is 6.08 Å². The number of esters is 1. The van der Waals surface area contributed by atoms with E-state index >= 15 is 0 Å². The fourth-order valence-electron chi connectivity index (χ4n) is 4.42. The molecule has 1 aromatic carbocycles. The first-order valence-corrected chi connectivity index (χ1v) is 16.2. The second-order valence-electron chi connectivity index (χ2n) is 9.84. The van der Waals surface area contributed by atoms with E-state index in [1.54, 1.807) is 30.0 Å². The van der Waals surface area contributed by atoms with Crippen LogP contribution in [-0.2, 0) is 19.1 Å². The van der Waals surface area contributed by atoms with E-state index in [0.29, 0.717) is 51.0 Å². The molecule has 0 aromatic heterocycles. The topological polar surface area (TPSA) is 84.0 Å². The number of nitrogens with zero attached hydrogens (tertiary/aromatic N) is 2. The monoisotopic (exact) mass is 696 g/mol. The lowest BCUT2D eigenvalue weighted by atomic mass is 9.93. The van der Waals surface area contributed by atoms with Gasteiger partial charge in [0.1, 0.15) is 9.52 Å². The van der Waals surface area contributed by atoms with Crippen molar-refractivity contribution in [2.45, 2.75) is 72.4 Å². The minimum absolute atomic E-state index is 0.0160. The highest BCUT2D eigenvalue weighted by molar-refractivity contribution is 8.13. The van der Waals surface area contributed by atoms with Crippen molar-refractivity contribution in [1.82, 2.24) is 4.90 Å². The highest BCUT2D eigenvalue weighted by Crippen LogP contribution is 2.37. The lowest BCUT2D eigenvalue weighted by Crippen LogP contribution is -2.39. The molecule has 1 aromatic rings. The smallest absolute Gasteiger partial charge is 0.349 e. The Kier molecular flexibility index (Phi) is 14.8. The van der Waals surface area contributed by atoms with Gasteiger partial charge in [0, 0.05) is 34.0 Å². The molecule has 3 amide bonds. The third-order valence-corrected chi connectivity index (χ3v) is 8.86. The summed E-state index contributed by atoms with van der Waals surface area (Å²) in [6, 6.07) is 5.06. The molecule has 0 bridgehead atoms. The second-order valence-corrected chi connectivity index (χ2v) is 13.0. The van der Waals surface area contributed by atoms with Crippen LogP contribution in [0.15, 0.2) is 43.9 Å². The number of thioether (sulfide) groups is 1. The number of carbonyl (C=O) groups is 4. The van der Waals surface area contributed by atoms with Crippen LogP contribution in [0.4, 0.5) is 10.5 Å². The van der Waals surface area contributed by atoms with E-state index in [1.165, 1.54) is 11.0 Å². The maximum atomic E-state index is 12.7. The second kappa shape index (κ2) is 17.0. The largest absolute Gasteiger partial charge is 0.462 e. The van der Waals surface area contributed by atoms with Gasteiger partial charge in [0.15, 0.2) is 0 Å². The molecule has 1 heterocycles. The summed E-state index contributed by atoms with van der Waals surface area (Å²) < 4.78 is 4.85. The molecule has 7 nitrogen and oxygen atoms in total. The van der Waals surface area contributed by atoms with Crippen LogP contribution >= 0.6 is 69.8 Å². The molecule has 0 N–H and O–H groups in total. The van der Waals surface area contributed by atoms with E-state index in [0.717, 1.165) is 24.6 Å². The number of hydrogen-bond donors (Lipinski definition) is 0. The summed E-state index contributed by atoms with van der Waals surface area (Å²) in [5.41, 5.74) is 2.04. The molecular formula is C29H33Cl5N2O5S. The molecule has 0 saturated heterocycles. The van der Waals surface area contributed by atoms with Gasteiger partial charge in [-0.3, -0.25) is 14.4 Å². The maximum Gasteiger partial charge on any atom is 0.349 e. The molecule has 0 saturated carbocycles. The van der Waals surface area contributed by atoms with Crippen LogP contribution in [0.3, 0.4) is 0 Å². The van der Waals surface area contributed by atoms with Gasteiger partial charge in [0.25, 0.3) is 17.1 Å². The summed E-state index contributed by atoms with van der Waals surface area (Å²) in [5, 5.41) is 0.488. The Morgan fingerprint density at radius 2 is 1.55 bits per heavy atom.